The highest BCUT2D eigenvalue weighted by Crippen LogP contribution is 2.29. The number of aryl methyl sites for hydroxylation is 1. The summed E-state index contributed by atoms with van der Waals surface area (Å²) in [5.41, 5.74) is 5.64. The molecule has 0 bridgehead atoms. The van der Waals surface area contributed by atoms with Gasteiger partial charge in [-0.25, -0.2) is 4.98 Å². The molecular formula is C27H23BrClN3O. The summed E-state index contributed by atoms with van der Waals surface area (Å²) >= 11 is 9.78. The van der Waals surface area contributed by atoms with Gasteiger partial charge in [-0.1, -0.05) is 63.9 Å². The molecule has 4 nitrogen and oxygen atoms in total. The maximum absolute atomic E-state index is 13.7. The van der Waals surface area contributed by atoms with Crippen LogP contribution >= 0.6 is 27.5 Å². The molecule has 2 heterocycles. The van der Waals surface area contributed by atoms with Gasteiger partial charge in [0.05, 0.1) is 16.8 Å². The normalized spacial score (nSPS) is 14.0. The predicted molar refractivity (Wildman–Crippen MR) is 139 cm³/mol. The third-order valence-electron chi connectivity index (χ3n) is 6.15. The number of carbonyl (C=O) groups excluding carboxylic acids is 1. The highest BCUT2D eigenvalue weighted by Gasteiger charge is 2.25. The topological polar surface area (TPSA) is 36.4 Å². The Hall–Kier alpha value is -2.89. The number of halogens is 2. The zero-order valence-corrected chi connectivity index (χ0v) is 20.6. The van der Waals surface area contributed by atoms with Crippen molar-refractivity contribution in [2.45, 2.75) is 6.92 Å². The molecule has 0 unspecified atom stereocenters. The van der Waals surface area contributed by atoms with E-state index in [9.17, 15) is 4.79 Å². The van der Waals surface area contributed by atoms with Gasteiger partial charge in [0.15, 0.2) is 0 Å². The minimum atomic E-state index is 0.0418. The zero-order valence-electron chi connectivity index (χ0n) is 18.3. The second-order valence-electron chi connectivity index (χ2n) is 8.29. The van der Waals surface area contributed by atoms with E-state index in [1.54, 1.807) is 0 Å². The van der Waals surface area contributed by atoms with Crippen LogP contribution in [0.1, 0.15) is 15.9 Å². The molecule has 0 N–H and O–H groups in total. The Balaban J connectivity index is 1.46. The Labute approximate surface area is 206 Å². The monoisotopic (exact) mass is 519 g/mol. The lowest BCUT2D eigenvalue weighted by molar-refractivity contribution is 0.0748. The Morgan fingerprint density at radius 1 is 0.939 bits per heavy atom. The third-order valence-corrected chi connectivity index (χ3v) is 6.88. The molecule has 33 heavy (non-hydrogen) atoms. The van der Waals surface area contributed by atoms with Gasteiger partial charge >= 0.3 is 0 Å². The van der Waals surface area contributed by atoms with E-state index in [-0.39, 0.29) is 5.91 Å². The predicted octanol–water partition coefficient (Wildman–Crippen LogP) is 6.59. The molecule has 1 saturated heterocycles. The lowest BCUT2D eigenvalue weighted by atomic mass is 10.0. The molecule has 1 fully saturated rings. The molecule has 0 radical (unpaired) electrons. The van der Waals surface area contributed by atoms with Gasteiger partial charge in [-0.05, 0) is 48.9 Å². The van der Waals surface area contributed by atoms with Crippen LogP contribution in [0.15, 0.2) is 77.3 Å². The lowest BCUT2D eigenvalue weighted by Crippen LogP contribution is -2.49. The standard InChI is InChI=1S/C27H23BrClN3O/c1-18-7-9-21(29)16-26(18)31-11-13-32(14-12-31)27(33)23-17-25(19-5-3-2-4-6-19)30-24-10-8-20(28)15-22(23)24/h2-10,15-17H,11-14H2,1H3. The van der Waals surface area contributed by atoms with Crippen molar-refractivity contribution in [2.24, 2.45) is 0 Å². The molecule has 1 aliphatic heterocycles. The van der Waals surface area contributed by atoms with Crippen LogP contribution in [0.3, 0.4) is 0 Å². The average Bonchev–Trinajstić information content (AvgIpc) is 2.85. The molecule has 3 aromatic carbocycles. The largest absolute Gasteiger partial charge is 0.368 e. The van der Waals surface area contributed by atoms with Crippen LogP contribution in [-0.4, -0.2) is 42.0 Å². The van der Waals surface area contributed by atoms with Crippen molar-refractivity contribution < 1.29 is 4.79 Å². The van der Waals surface area contributed by atoms with E-state index in [0.717, 1.165) is 50.4 Å². The van der Waals surface area contributed by atoms with E-state index in [0.29, 0.717) is 18.7 Å². The fraction of sp³-hybridized carbons (Fsp3) is 0.185. The Kier molecular flexibility index (Phi) is 6.09. The molecule has 6 heteroatoms. The first kappa shape index (κ1) is 21.9. The summed E-state index contributed by atoms with van der Waals surface area (Å²) in [6, 6.07) is 23.8. The van der Waals surface area contributed by atoms with E-state index < -0.39 is 0 Å². The zero-order chi connectivity index (χ0) is 22.9. The van der Waals surface area contributed by atoms with Gasteiger partial charge in [0, 0.05) is 52.3 Å². The summed E-state index contributed by atoms with van der Waals surface area (Å²) in [5, 5.41) is 1.60. The Morgan fingerprint density at radius 3 is 2.45 bits per heavy atom. The minimum absolute atomic E-state index is 0.0418. The van der Waals surface area contributed by atoms with Crippen molar-refractivity contribution >= 4 is 50.0 Å². The number of piperazine rings is 1. The third kappa shape index (κ3) is 4.48. The molecular weight excluding hydrogens is 498 g/mol. The van der Waals surface area contributed by atoms with Crippen molar-refractivity contribution in [1.29, 1.82) is 0 Å². The first-order valence-electron chi connectivity index (χ1n) is 11.0. The molecule has 5 rings (SSSR count). The molecule has 0 spiro atoms. The Bertz CT molecular complexity index is 1330. The van der Waals surface area contributed by atoms with Gasteiger partial charge < -0.3 is 9.80 Å². The van der Waals surface area contributed by atoms with Crippen molar-refractivity contribution in [3.63, 3.8) is 0 Å². The van der Waals surface area contributed by atoms with Crippen LogP contribution in [0.4, 0.5) is 5.69 Å². The second kappa shape index (κ2) is 9.16. The van der Waals surface area contributed by atoms with Crippen LogP contribution in [-0.2, 0) is 0 Å². The summed E-state index contributed by atoms with van der Waals surface area (Å²) in [6.07, 6.45) is 0. The van der Waals surface area contributed by atoms with E-state index >= 15 is 0 Å². The first-order chi connectivity index (χ1) is 16.0. The van der Waals surface area contributed by atoms with Gasteiger partial charge in [0.2, 0.25) is 0 Å². The number of amides is 1. The maximum atomic E-state index is 13.7. The van der Waals surface area contributed by atoms with Gasteiger partial charge in [0.1, 0.15) is 0 Å². The molecule has 1 aliphatic rings. The van der Waals surface area contributed by atoms with Crippen LogP contribution in [0.5, 0.6) is 0 Å². The lowest BCUT2D eigenvalue weighted by Gasteiger charge is -2.37. The number of carbonyl (C=O) groups is 1. The van der Waals surface area contributed by atoms with Gasteiger partial charge in [-0.15, -0.1) is 0 Å². The van der Waals surface area contributed by atoms with Crippen molar-refractivity contribution in [1.82, 2.24) is 9.88 Å². The molecule has 1 amide bonds. The molecule has 0 atom stereocenters. The fourth-order valence-electron chi connectivity index (χ4n) is 4.38. The van der Waals surface area contributed by atoms with Crippen LogP contribution in [0.2, 0.25) is 5.02 Å². The van der Waals surface area contributed by atoms with Crippen molar-refractivity contribution in [2.75, 3.05) is 31.1 Å². The second-order valence-corrected chi connectivity index (χ2v) is 9.64. The number of hydrogen-bond donors (Lipinski definition) is 0. The quantitative estimate of drug-likeness (QED) is 0.306. The fourth-order valence-corrected chi connectivity index (χ4v) is 4.90. The molecule has 166 valence electrons. The van der Waals surface area contributed by atoms with E-state index in [2.05, 4.69) is 27.8 Å². The summed E-state index contributed by atoms with van der Waals surface area (Å²) < 4.78 is 0.930. The highest BCUT2D eigenvalue weighted by molar-refractivity contribution is 9.10. The number of hydrogen-bond acceptors (Lipinski definition) is 3. The van der Waals surface area contributed by atoms with E-state index in [1.807, 2.05) is 77.7 Å². The number of fused-ring (bicyclic) bond motifs is 1. The number of anilines is 1. The number of aromatic nitrogens is 1. The van der Waals surface area contributed by atoms with Crippen LogP contribution < -0.4 is 4.90 Å². The number of rotatable bonds is 3. The molecule has 1 aromatic heterocycles. The number of benzene rings is 3. The SMILES string of the molecule is Cc1ccc(Cl)cc1N1CCN(C(=O)c2cc(-c3ccccc3)nc3ccc(Br)cc23)CC1. The average molecular weight is 521 g/mol. The summed E-state index contributed by atoms with van der Waals surface area (Å²) in [4.78, 5) is 22.8. The minimum Gasteiger partial charge on any atom is -0.368 e. The van der Waals surface area contributed by atoms with Gasteiger partial charge in [-0.3, -0.25) is 4.79 Å². The molecule has 4 aromatic rings. The molecule has 0 aliphatic carbocycles. The highest BCUT2D eigenvalue weighted by atomic mass is 79.9. The van der Waals surface area contributed by atoms with Crippen molar-refractivity contribution in [3.05, 3.63) is 93.4 Å². The maximum Gasteiger partial charge on any atom is 0.254 e. The number of pyridine rings is 1. The summed E-state index contributed by atoms with van der Waals surface area (Å²) in [5.74, 6) is 0.0418. The summed E-state index contributed by atoms with van der Waals surface area (Å²) in [7, 11) is 0. The van der Waals surface area contributed by atoms with Crippen LogP contribution in [0, 0.1) is 6.92 Å². The molecule has 0 saturated carbocycles. The first-order valence-corrected chi connectivity index (χ1v) is 12.1. The van der Waals surface area contributed by atoms with E-state index in [4.69, 9.17) is 16.6 Å². The van der Waals surface area contributed by atoms with Gasteiger partial charge in [-0.2, -0.15) is 0 Å². The van der Waals surface area contributed by atoms with Gasteiger partial charge in [0.25, 0.3) is 5.91 Å². The number of nitrogens with zero attached hydrogens (tertiary/aromatic N) is 3. The van der Waals surface area contributed by atoms with E-state index in [1.165, 1.54) is 5.56 Å². The van der Waals surface area contributed by atoms with Crippen molar-refractivity contribution in [3.8, 4) is 11.3 Å². The van der Waals surface area contributed by atoms with Crippen LogP contribution in [0.25, 0.3) is 22.2 Å². The Morgan fingerprint density at radius 2 is 1.70 bits per heavy atom. The smallest absolute Gasteiger partial charge is 0.254 e. The summed E-state index contributed by atoms with van der Waals surface area (Å²) in [6.45, 7) is 4.94.